The van der Waals surface area contributed by atoms with E-state index in [0.29, 0.717) is 11.5 Å². The van der Waals surface area contributed by atoms with Gasteiger partial charge in [-0.25, -0.2) is 4.79 Å². The predicted molar refractivity (Wildman–Crippen MR) is 81.7 cm³/mol. The Labute approximate surface area is 125 Å². The van der Waals surface area contributed by atoms with Crippen LogP contribution in [0.25, 0.3) is 0 Å². The number of carbonyl (C=O) groups is 2. The van der Waals surface area contributed by atoms with E-state index in [1.165, 1.54) is 6.07 Å². The number of carbonyl (C=O) groups excluding carboxylic acids is 1. The maximum atomic E-state index is 12.8. The van der Waals surface area contributed by atoms with Gasteiger partial charge < -0.3 is 10.0 Å². The van der Waals surface area contributed by atoms with Gasteiger partial charge in [0, 0.05) is 18.2 Å². The van der Waals surface area contributed by atoms with Crippen molar-refractivity contribution in [3.63, 3.8) is 0 Å². The molecule has 1 heterocycles. The van der Waals surface area contributed by atoms with Crippen molar-refractivity contribution in [2.75, 3.05) is 6.54 Å². The third-order valence-corrected chi connectivity index (χ3v) is 4.19. The second kappa shape index (κ2) is 6.29. The Hall–Kier alpha value is -1.84. The van der Waals surface area contributed by atoms with Crippen molar-refractivity contribution in [1.82, 2.24) is 4.90 Å². The number of nitrogens with zero attached hydrogens (tertiary/aromatic N) is 1. The Bertz CT molecular complexity index is 553. The molecule has 1 aromatic rings. The molecule has 4 nitrogen and oxygen atoms in total. The van der Waals surface area contributed by atoms with Gasteiger partial charge in [-0.3, -0.25) is 4.79 Å². The molecule has 2 atom stereocenters. The molecule has 1 aliphatic rings. The Kier molecular flexibility index (Phi) is 4.66. The number of likely N-dealkylation sites (tertiary alicyclic amines) is 1. The summed E-state index contributed by atoms with van der Waals surface area (Å²) in [5.74, 6) is -0.560. The van der Waals surface area contributed by atoms with Gasteiger partial charge in [-0.15, -0.1) is 0 Å². The zero-order valence-corrected chi connectivity index (χ0v) is 12.9. The van der Waals surface area contributed by atoms with Crippen molar-refractivity contribution in [3.8, 4) is 0 Å². The lowest BCUT2D eigenvalue weighted by Crippen LogP contribution is -2.40. The summed E-state index contributed by atoms with van der Waals surface area (Å²) in [5.41, 5.74) is 1.45. The smallest absolute Gasteiger partial charge is 0.335 e. The molecule has 0 radical (unpaired) electrons. The molecule has 1 aromatic carbocycles. The van der Waals surface area contributed by atoms with Crippen LogP contribution in [0.2, 0.25) is 0 Å². The molecule has 1 amide bonds. The molecule has 1 saturated heterocycles. The summed E-state index contributed by atoms with van der Waals surface area (Å²) in [6.07, 6.45) is 3.29. The van der Waals surface area contributed by atoms with Gasteiger partial charge in [0.2, 0.25) is 0 Å². The number of aromatic carboxylic acids is 1. The van der Waals surface area contributed by atoms with Crippen molar-refractivity contribution >= 4 is 11.9 Å². The highest BCUT2D eigenvalue weighted by Crippen LogP contribution is 2.23. The quantitative estimate of drug-likeness (QED) is 0.908. The Balaban J connectivity index is 2.31. The van der Waals surface area contributed by atoms with E-state index in [1.54, 1.807) is 12.1 Å². The summed E-state index contributed by atoms with van der Waals surface area (Å²) in [5, 5.41) is 9.14. The fourth-order valence-electron chi connectivity index (χ4n) is 3.00. The monoisotopic (exact) mass is 289 g/mol. The van der Waals surface area contributed by atoms with Gasteiger partial charge in [0.15, 0.2) is 0 Å². The van der Waals surface area contributed by atoms with Gasteiger partial charge in [-0.05, 0) is 56.4 Å². The Morgan fingerprint density at radius 1 is 1.14 bits per heavy atom. The van der Waals surface area contributed by atoms with Crippen LogP contribution in [-0.4, -0.2) is 34.5 Å². The number of aryl methyl sites for hydroxylation is 1. The topological polar surface area (TPSA) is 57.6 Å². The van der Waals surface area contributed by atoms with E-state index in [-0.39, 0.29) is 17.5 Å². The van der Waals surface area contributed by atoms with E-state index in [9.17, 15) is 9.59 Å². The van der Waals surface area contributed by atoms with Gasteiger partial charge in [0.25, 0.3) is 5.91 Å². The Morgan fingerprint density at radius 3 is 2.48 bits per heavy atom. The second-order valence-electron chi connectivity index (χ2n) is 6.24. The maximum absolute atomic E-state index is 12.8. The molecule has 0 bridgehead atoms. The number of rotatable bonds is 2. The highest BCUT2D eigenvalue weighted by molar-refractivity contribution is 5.98. The second-order valence-corrected chi connectivity index (χ2v) is 6.24. The molecule has 1 aliphatic heterocycles. The van der Waals surface area contributed by atoms with Gasteiger partial charge in [0.05, 0.1) is 5.56 Å². The zero-order chi connectivity index (χ0) is 15.6. The van der Waals surface area contributed by atoms with E-state index in [4.69, 9.17) is 5.11 Å². The molecule has 2 unspecified atom stereocenters. The number of benzene rings is 1. The molecular weight excluding hydrogens is 266 g/mol. The van der Waals surface area contributed by atoms with Crippen molar-refractivity contribution in [1.29, 1.82) is 0 Å². The van der Waals surface area contributed by atoms with Crippen LogP contribution in [0.1, 0.15) is 59.4 Å². The van der Waals surface area contributed by atoms with Crippen LogP contribution in [0.3, 0.4) is 0 Å². The minimum Gasteiger partial charge on any atom is -0.478 e. The average Bonchev–Trinajstić information content (AvgIpc) is 2.58. The number of hydrogen-bond acceptors (Lipinski definition) is 2. The average molecular weight is 289 g/mol. The highest BCUT2D eigenvalue weighted by atomic mass is 16.4. The molecular formula is C17H23NO3. The lowest BCUT2D eigenvalue weighted by atomic mass is 10.0. The fraction of sp³-hybridized carbons (Fsp3) is 0.529. The molecule has 0 spiro atoms. The lowest BCUT2D eigenvalue weighted by Gasteiger charge is -2.29. The number of carboxylic acid groups (broad SMARTS) is 1. The number of carboxylic acids is 1. The molecule has 1 fully saturated rings. The van der Waals surface area contributed by atoms with Crippen molar-refractivity contribution in [2.24, 2.45) is 5.92 Å². The number of hydrogen-bond donors (Lipinski definition) is 1. The molecule has 4 heteroatoms. The SMILES string of the molecule is Cc1cc(C(=O)O)cc(C(=O)N2CC(C)CCCC2C)c1. The van der Waals surface area contributed by atoms with Crippen molar-refractivity contribution in [3.05, 3.63) is 34.9 Å². The van der Waals surface area contributed by atoms with E-state index in [0.717, 1.165) is 31.4 Å². The molecule has 114 valence electrons. The highest BCUT2D eigenvalue weighted by Gasteiger charge is 2.26. The standard InChI is InChI=1S/C17H23NO3/c1-11-5-4-6-13(3)18(10-11)16(19)14-7-12(2)8-15(9-14)17(20)21/h7-9,11,13H,4-6,10H2,1-3H3,(H,20,21). The fourth-order valence-corrected chi connectivity index (χ4v) is 3.00. The third kappa shape index (κ3) is 3.63. The Morgan fingerprint density at radius 2 is 1.81 bits per heavy atom. The normalized spacial score (nSPS) is 22.7. The molecule has 0 aromatic heterocycles. The van der Waals surface area contributed by atoms with Crippen molar-refractivity contribution in [2.45, 2.75) is 46.1 Å². The van der Waals surface area contributed by atoms with Crippen LogP contribution in [0.4, 0.5) is 0 Å². The first kappa shape index (κ1) is 15.5. The van der Waals surface area contributed by atoms with Gasteiger partial charge in [0.1, 0.15) is 0 Å². The summed E-state index contributed by atoms with van der Waals surface area (Å²) >= 11 is 0. The minimum atomic E-state index is -0.995. The summed E-state index contributed by atoms with van der Waals surface area (Å²) in [6, 6.07) is 5.06. The van der Waals surface area contributed by atoms with E-state index in [1.807, 2.05) is 11.8 Å². The van der Waals surface area contributed by atoms with Crippen molar-refractivity contribution < 1.29 is 14.7 Å². The molecule has 1 N–H and O–H groups in total. The van der Waals surface area contributed by atoms with Crippen LogP contribution in [0, 0.1) is 12.8 Å². The van der Waals surface area contributed by atoms with Crippen LogP contribution in [0.5, 0.6) is 0 Å². The third-order valence-electron chi connectivity index (χ3n) is 4.19. The molecule has 2 rings (SSSR count). The van der Waals surface area contributed by atoms with Gasteiger partial charge >= 0.3 is 5.97 Å². The summed E-state index contributed by atoms with van der Waals surface area (Å²) in [4.78, 5) is 25.8. The first-order valence-electron chi connectivity index (χ1n) is 7.54. The summed E-state index contributed by atoms with van der Waals surface area (Å²) in [6.45, 7) is 6.80. The van der Waals surface area contributed by atoms with E-state index < -0.39 is 5.97 Å². The lowest BCUT2D eigenvalue weighted by molar-refractivity contribution is 0.0677. The number of amides is 1. The van der Waals surface area contributed by atoms with Crippen LogP contribution in [0.15, 0.2) is 18.2 Å². The van der Waals surface area contributed by atoms with Gasteiger partial charge in [-0.1, -0.05) is 13.3 Å². The van der Waals surface area contributed by atoms with Crippen LogP contribution < -0.4 is 0 Å². The molecule has 21 heavy (non-hydrogen) atoms. The first-order valence-corrected chi connectivity index (χ1v) is 7.54. The largest absolute Gasteiger partial charge is 0.478 e. The summed E-state index contributed by atoms with van der Waals surface area (Å²) < 4.78 is 0. The minimum absolute atomic E-state index is 0.0533. The molecule has 0 aliphatic carbocycles. The predicted octanol–water partition coefficient (Wildman–Crippen LogP) is 3.34. The van der Waals surface area contributed by atoms with Gasteiger partial charge in [-0.2, -0.15) is 0 Å². The molecule has 0 saturated carbocycles. The maximum Gasteiger partial charge on any atom is 0.335 e. The van der Waals surface area contributed by atoms with E-state index >= 15 is 0 Å². The van der Waals surface area contributed by atoms with E-state index in [2.05, 4.69) is 13.8 Å². The summed E-state index contributed by atoms with van der Waals surface area (Å²) in [7, 11) is 0. The van der Waals surface area contributed by atoms with Crippen LogP contribution in [-0.2, 0) is 0 Å². The van der Waals surface area contributed by atoms with Crippen LogP contribution >= 0.6 is 0 Å². The zero-order valence-electron chi connectivity index (χ0n) is 12.9. The first-order chi connectivity index (χ1) is 9.88.